The van der Waals surface area contributed by atoms with Gasteiger partial charge in [-0.2, -0.15) is 0 Å². The Labute approximate surface area is 86.2 Å². The van der Waals surface area contributed by atoms with Crippen LogP contribution in [0.4, 0.5) is 0 Å². The fourth-order valence-corrected chi connectivity index (χ4v) is 2.44. The van der Waals surface area contributed by atoms with Crippen molar-refractivity contribution in [2.75, 3.05) is 13.2 Å². The summed E-state index contributed by atoms with van der Waals surface area (Å²) in [5.41, 5.74) is -0.216. The van der Waals surface area contributed by atoms with Crippen LogP contribution in [0.5, 0.6) is 0 Å². The number of rotatable bonds is 2. The average molecular weight is 199 g/mol. The van der Waals surface area contributed by atoms with Gasteiger partial charge >= 0.3 is 0 Å². The van der Waals surface area contributed by atoms with E-state index in [4.69, 9.17) is 9.47 Å². The molecular formula is C11H21NO2. The van der Waals surface area contributed by atoms with Crippen LogP contribution in [0.15, 0.2) is 0 Å². The van der Waals surface area contributed by atoms with Gasteiger partial charge in [0.1, 0.15) is 5.72 Å². The largest absolute Gasteiger partial charge is 0.378 e. The minimum absolute atomic E-state index is 0.0344. The highest BCUT2D eigenvalue weighted by Gasteiger charge is 2.42. The number of ether oxygens (including phenoxy) is 2. The van der Waals surface area contributed by atoms with Crippen molar-refractivity contribution in [3.8, 4) is 0 Å². The van der Waals surface area contributed by atoms with E-state index in [0.29, 0.717) is 6.10 Å². The molecule has 2 atom stereocenters. The summed E-state index contributed by atoms with van der Waals surface area (Å²) in [5.74, 6) is 0. The van der Waals surface area contributed by atoms with Crippen LogP contribution in [-0.2, 0) is 9.47 Å². The van der Waals surface area contributed by atoms with Gasteiger partial charge in [-0.15, -0.1) is 0 Å². The Balaban J connectivity index is 1.90. The highest BCUT2D eigenvalue weighted by Crippen LogP contribution is 2.31. The van der Waals surface area contributed by atoms with E-state index in [1.54, 1.807) is 0 Å². The number of hydrogen-bond acceptors (Lipinski definition) is 3. The smallest absolute Gasteiger partial charge is 0.119 e. The highest BCUT2D eigenvalue weighted by atomic mass is 16.6. The summed E-state index contributed by atoms with van der Waals surface area (Å²) >= 11 is 0. The Morgan fingerprint density at radius 1 is 1.36 bits per heavy atom. The number of hydrogen-bond donors (Lipinski definition) is 1. The quantitative estimate of drug-likeness (QED) is 0.734. The molecular weight excluding hydrogens is 178 g/mol. The lowest BCUT2D eigenvalue weighted by Crippen LogP contribution is -2.41. The van der Waals surface area contributed by atoms with E-state index in [-0.39, 0.29) is 11.3 Å². The van der Waals surface area contributed by atoms with Crippen molar-refractivity contribution < 1.29 is 9.47 Å². The van der Waals surface area contributed by atoms with Gasteiger partial charge in [0.15, 0.2) is 0 Å². The van der Waals surface area contributed by atoms with E-state index < -0.39 is 0 Å². The van der Waals surface area contributed by atoms with Crippen LogP contribution in [0.25, 0.3) is 0 Å². The zero-order chi connectivity index (χ0) is 10.2. The van der Waals surface area contributed by atoms with Gasteiger partial charge in [-0.1, -0.05) is 0 Å². The third-order valence-corrected chi connectivity index (χ3v) is 3.03. The maximum absolute atomic E-state index is 6.01. The van der Waals surface area contributed by atoms with Crippen LogP contribution in [0.1, 0.15) is 40.0 Å². The van der Waals surface area contributed by atoms with Crippen molar-refractivity contribution >= 4 is 0 Å². The van der Waals surface area contributed by atoms with Gasteiger partial charge in [0.05, 0.1) is 11.7 Å². The molecule has 3 nitrogen and oxygen atoms in total. The first-order chi connectivity index (χ1) is 6.49. The molecule has 82 valence electrons. The second kappa shape index (κ2) is 3.47. The molecule has 3 heteroatoms. The third kappa shape index (κ3) is 2.27. The van der Waals surface area contributed by atoms with Gasteiger partial charge in [0, 0.05) is 19.6 Å². The standard InChI is InChI=1S/C11H21NO2/c1-10(2)8-12-11(3,14-10)7-9-5-4-6-13-9/h9,12H,4-8H2,1-3H3. The summed E-state index contributed by atoms with van der Waals surface area (Å²) in [6, 6.07) is 0. The lowest BCUT2D eigenvalue weighted by atomic mass is 10.1. The van der Waals surface area contributed by atoms with Gasteiger partial charge in [0.25, 0.3) is 0 Å². The molecule has 2 aliphatic heterocycles. The monoisotopic (exact) mass is 199 g/mol. The summed E-state index contributed by atoms with van der Waals surface area (Å²) in [5, 5.41) is 3.45. The van der Waals surface area contributed by atoms with Crippen LogP contribution in [0, 0.1) is 0 Å². The maximum atomic E-state index is 6.01. The van der Waals surface area contributed by atoms with Crippen molar-refractivity contribution in [1.29, 1.82) is 0 Å². The van der Waals surface area contributed by atoms with Crippen molar-refractivity contribution in [2.45, 2.75) is 57.5 Å². The van der Waals surface area contributed by atoms with E-state index in [2.05, 4.69) is 26.1 Å². The fourth-order valence-electron chi connectivity index (χ4n) is 2.44. The normalized spacial score (nSPS) is 41.8. The van der Waals surface area contributed by atoms with Crippen LogP contribution in [-0.4, -0.2) is 30.6 Å². The molecule has 0 aliphatic carbocycles. The Kier molecular flexibility index (Phi) is 2.58. The molecule has 2 rings (SSSR count). The predicted molar refractivity (Wildman–Crippen MR) is 55.2 cm³/mol. The molecule has 0 aromatic heterocycles. The molecule has 2 unspecified atom stereocenters. The minimum Gasteiger partial charge on any atom is -0.378 e. The van der Waals surface area contributed by atoms with Crippen LogP contribution < -0.4 is 5.32 Å². The minimum atomic E-state index is -0.182. The van der Waals surface area contributed by atoms with E-state index in [9.17, 15) is 0 Å². The third-order valence-electron chi connectivity index (χ3n) is 3.03. The Morgan fingerprint density at radius 2 is 2.14 bits per heavy atom. The fraction of sp³-hybridized carbons (Fsp3) is 1.00. The van der Waals surface area contributed by atoms with Gasteiger partial charge in [0.2, 0.25) is 0 Å². The SMILES string of the molecule is CC1(C)CNC(C)(CC2CCCO2)O1. The van der Waals surface area contributed by atoms with Crippen molar-refractivity contribution in [1.82, 2.24) is 5.32 Å². The average Bonchev–Trinajstić information content (AvgIpc) is 2.60. The second-order valence-electron chi connectivity index (χ2n) is 5.29. The van der Waals surface area contributed by atoms with Gasteiger partial charge in [-0.25, -0.2) is 0 Å². The lowest BCUT2D eigenvalue weighted by molar-refractivity contribution is -0.101. The maximum Gasteiger partial charge on any atom is 0.119 e. The molecule has 2 aliphatic rings. The van der Waals surface area contributed by atoms with E-state index in [0.717, 1.165) is 19.6 Å². The summed E-state index contributed by atoms with van der Waals surface area (Å²) in [7, 11) is 0. The zero-order valence-corrected chi connectivity index (χ0v) is 9.43. The number of nitrogens with one attached hydrogen (secondary N) is 1. The molecule has 0 spiro atoms. The van der Waals surface area contributed by atoms with Crippen molar-refractivity contribution in [2.24, 2.45) is 0 Å². The molecule has 0 saturated carbocycles. The summed E-state index contributed by atoms with van der Waals surface area (Å²) in [4.78, 5) is 0. The summed E-state index contributed by atoms with van der Waals surface area (Å²) in [6.07, 6.45) is 3.74. The highest BCUT2D eigenvalue weighted by molar-refractivity contribution is 4.91. The molecule has 14 heavy (non-hydrogen) atoms. The predicted octanol–water partition coefficient (Wildman–Crippen LogP) is 1.67. The molecule has 0 aromatic carbocycles. The van der Waals surface area contributed by atoms with Crippen molar-refractivity contribution in [3.63, 3.8) is 0 Å². The van der Waals surface area contributed by atoms with Crippen LogP contribution >= 0.6 is 0 Å². The molecule has 0 amide bonds. The van der Waals surface area contributed by atoms with Crippen LogP contribution in [0.2, 0.25) is 0 Å². The first kappa shape index (κ1) is 10.4. The van der Waals surface area contributed by atoms with Crippen molar-refractivity contribution in [3.05, 3.63) is 0 Å². The Bertz CT molecular complexity index is 211. The van der Waals surface area contributed by atoms with E-state index in [1.807, 2.05) is 0 Å². The summed E-state index contributed by atoms with van der Waals surface area (Å²) < 4.78 is 11.6. The second-order valence-corrected chi connectivity index (χ2v) is 5.29. The molecule has 2 heterocycles. The summed E-state index contributed by atoms with van der Waals surface area (Å²) in [6.45, 7) is 8.23. The lowest BCUT2D eigenvalue weighted by Gasteiger charge is -2.29. The molecule has 2 fully saturated rings. The topological polar surface area (TPSA) is 30.5 Å². The first-order valence-electron chi connectivity index (χ1n) is 5.56. The molecule has 0 radical (unpaired) electrons. The van der Waals surface area contributed by atoms with E-state index in [1.165, 1.54) is 12.8 Å². The Hall–Kier alpha value is -0.120. The first-order valence-corrected chi connectivity index (χ1v) is 5.56. The van der Waals surface area contributed by atoms with Gasteiger partial charge in [-0.3, -0.25) is 5.32 Å². The molecule has 2 saturated heterocycles. The molecule has 0 aromatic rings. The van der Waals surface area contributed by atoms with Gasteiger partial charge in [-0.05, 0) is 33.6 Å². The Morgan fingerprint density at radius 3 is 2.64 bits per heavy atom. The van der Waals surface area contributed by atoms with Gasteiger partial charge < -0.3 is 9.47 Å². The molecule has 0 bridgehead atoms. The van der Waals surface area contributed by atoms with E-state index >= 15 is 0 Å². The zero-order valence-electron chi connectivity index (χ0n) is 9.43. The molecule has 1 N–H and O–H groups in total. The van der Waals surface area contributed by atoms with Crippen LogP contribution in [0.3, 0.4) is 0 Å².